The van der Waals surface area contributed by atoms with Crippen LogP contribution < -0.4 is 5.32 Å². The number of aromatic nitrogens is 1. The Morgan fingerprint density at radius 2 is 2.05 bits per heavy atom. The normalized spacial score (nSPS) is 10.6. The van der Waals surface area contributed by atoms with E-state index < -0.39 is 0 Å². The van der Waals surface area contributed by atoms with Crippen molar-refractivity contribution in [2.24, 2.45) is 0 Å². The highest BCUT2D eigenvalue weighted by Gasteiger charge is 2.17. The van der Waals surface area contributed by atoms with Gasteiger partial charge in [0.15, 0.2) is 0 Å². The predicted octanol–water partition coefficient (Wildman–Crippen LogP) is 5.04. The molecule has 0 aliphatic carbocycles. The van der Waals surface area contributed by atoms with Crippen molar-refractivity contribution in [1.82, 2.24) is 4.98 Å². The fraction of sp³-hybridized carbons (Fsp3) is 0.0667. The average molecular weight is 426 g/mol. The maximum Gasteiger partial charge on any atom is 0.267 e. The first kappa shape index (κ1) is 14.7. The van der Waals surface area contributed by atoms with Crippen molar-refractivity contribution in [2.45, 2.75) is 6.92 Å². The molecule has 3 rings (SSSR count). The van der Waals surface area contributed by atoms with Crippen LogP contribution in [-0.2, 0) is 0 Å². The molecule has 1 aromatic carbocycles. The molecule has 6 heteroatoms. The molecule has 0 saturated carbocycles. The van der Waals surface area contributed by atoms with Crippen molar-refractivity contribution in [3.63, 3.8) is 0 Å². The summed E-state index contributed by atoms with van der Waals surface area (Å²) in [6.07, 6.45) is 0. The van der Waals surface area contributed by atoms with Gasteiger partial charge in [-0.2, -0.15) is 0 Å². The van der Waals surface area contributed by atoms with E-state index in [1.807, 2.05) is 48.7 Å². The number of halogens is 1. The molecule has 0 radical (unpaired) electrons. The Hall–Kier alpha value is -1.25. The van der Waals surface area contributed by atoms with Gasteiger partial charge in [-0.05, 0) is 53.1 Å². The summed E-state index contributed by atoms with van der Waals surface area (Å²) < 4.78 is 1.02. The highest BCUT2D eigenvalue weighted by atomic mass is 127. The molecule has 106 valence electrons. The van der Waals surface area contributed by atoms with E-state index in [-0.39, 0.29) is 5.91 Å². The van der Waals surface area contributed by atoms with Crippen LogP contribution in [-0.4, -0.2) is 10.9 Å². The van der Waals surface area contributed by atoms with Crippen LogP contribution in [0.1, 0.15) is 15.4 Å². The predicted molar refractivity (Wildman–Crippen MR) is 97.3 cm³/mol. The number of hydrogen-bond donors (Lipinski definition) is 1. The van der Waals surface area contributed by atoms with Crippen molar-refractivity contribution < 1.29 is 4.79 Å². The van der Waals surface area contributed by atoms with Gasteiger partial charge in [-0.15, -0.1) is 22.7 Å². The highest BCUT2D eigenvalue weighted by molar-refractivity contribution is 14.1. The van der Waals surface area contributed by atoms with E-state index in [9.17, 15) is 4.79 Å². The number of aryl methyl sites for hydroxylation is 1. The number of para-hydroxylation sites is 1. The van der Waals surface area contributed by atoms with E-state index >= 15 is 0 Å². The second-order valence-electron chi connectivity index (χ2n) is 4.34. The molecule has 21 heavy (non-hydrogen) atoms. The standard InChI is InChI=1S/C15H11IN2OS2/c1-9-13(21-15(17-9)12-7-4-8-20-12)14(19)18-11-6-3-2-5-10(11)16/h2-8H,1H3,(H,18,19). The average Bonchev–Trinajstić information content (AvgIpc) is 3.10. The van der Waals surface area contributed by atoms with Gasteiger partial charge >= 0.3 is 0 Å². The number of amides is 1. The van der Waals surface area contributed by atoms with Gasteiger partial charge in [-0.1, -0.05) is 18.2 Å². The number of carbonyl (C=O) groups is 1. The molecular weight excluding hydrogens is 415 g/mol. The lowest BCUT2D eigenvalue weighted by Crippen LogP contribution is -2.12. The summed E-state index contributed by atoms with van der Waals surface area (Å²) in [5.74, 6) is -0.100. The first-order chi connectivity index (χ1) is 10.1. The Balaban J connectivity index is 1.87. The van der Waals surface area contributed by atoms with Crippen molar-refractivity contribution in [3.05, 3.63) is 55.9 Å². The number of hydrogen-bond acceptors (Lipinski definition) is 4. The van der Waals surface area contributed by atoms with Gasteiger partial charge in [0.25, 0.3) is 5.91 Å². The van der Waals surface area contributed by atoms with Crippen molar-refractivity contribution in [2.75, 3.05) is 5.32 Å². The number of thiophene rings is 1. The summed E-state index contributed by atoms with van der Waals surface area (Å²) in [7, 11) is 0. The molecule has 2 heterocycles. The number of thiazole rings is 1. The number of benzene rings is 1. The number of nitrogens with zero attached hydrogens (tertiary/aromatic N) is 1. The van der Waals surface area contributed by atoms with Gasteiger partial charge in [0.2, 0.25) is 0 Å². The molecule has 3 nitrogen and oxygen atoms in total. The Morgan fingerprint density at radius 3 is 2.76 bits per heavy atom. The first-order valence-electron chi connectivity index (χ1n) is 6.22. The lowest BCUT2D eigenvalue weighted by molar-refractivity contribution is 0.102. The Bertz CT molecular complexity index is 781. The molecule has 0 aliphatic heterocycles. The summed E-state index contributed by atoms with van der Waals surface area (Å²) in [6, 6.07) is 11.7. The molecule has 0 atom stereocenters. The Kier molecular flexibility index (Phi) is 4.37. The van der Waals surface area contributed by atoms with Gasteiger partial charge in [0.1, 0.15) is 9.88 Å². The first-order valence-corrected chi connectivity index (χ1v) is 9.00. The Morgan fingerprint density at radius 1 is 1.24 bits per heavy atom. The van der Waals surface area contributed by atoms with E-state index in [1.165, 1.54) is 11.3 Å². The molecule has 0 saturated heterocycles. The van der Waals surface area contributed by atoms with Crippen molar-refractivity contribution >= 4 is 56.9 Å². The number of anilines is 1. The van der Waals surface area contributed by atoms with Gasteiger partial charge < -0.3 is 5.32 Å². The summed E-state index contributed by atoms with van der Waals surface area (Å²) in [6.45, 7) is 1.87. The third kappa shape index (κ3) is 3.17. The van der Waals surface area contributed by atoms with Gasteiger partial charge in [0, 0.05) is 3.57 Å². The SMILES string of the molecule is Cc1nc(-c2cccs2)sc1C(=O)Nc1ccccc1I. The maximum atomic E-state index is 12.4. The molecule has 0 fully saturated rings. The second kappa shape index (κ2) is 6.25. The number of rotatable bonds is 3. The van der Waals surface area contributed by atoms with Crippen LogP contribution in [0.3, 0.4) is 0 Å². The van der Waals surface area contributed by atoms with Crippen LogP contribution >= 0.6 is 45.3 Å². The van der Waals surface area contributed by atoms with E-state index in [0.29, 0.717) is 4.88 Å². The molecule has 1 N–H and O–H groups in total. The van der Waals surface area contributed by atoms with Crippen LogP contribution in [0.15, 0.2) is 41.8 Å². The number of carbonyl (C=O) groups excluding carboxylic acids is 1. The second-order valence-corrected chi connectivity index (χ2v) is 7.45. The molecule has 2 aromatic heterocycles. The van der Waals surface area contributed by atoms with Crippen LogP contribution in [0.2, 0.25) is 0 Å². The molecule has 0 aliphatic rings. The van der Waals surface area contributed by atoms with Gasteiger partial charge in [-0.25, -0.2) is 4.98 Å². The third-order valence-corrected chi connectivity index (χ3v) is 5.99. The van der Waals surface area contributed by atoms with Crippen LogP contribution in [0.5, 0.6) is 0 Å². The lowest BCUT2D eigenvalue weighted by Gasteiger charge is -2.05. The summed E-state index contributed by atoms with van der Waals surface area (Å²) in [5.41, 5.74) is 1.60. The summed E-state index contributed by atoms with van der Waals surface area (Å²) in [5, 5.41) is 5.86. The van der Waals surface area contributed by atoms with Crippen LogP contribution in [0.25, 0.3) is 9.88 Å². The summed E-state index contributed by atoms with van der Waals surface area (Å²) >= 11 is 5.28. The van der Waals surface area contributed by atoms with Crippen LogP contribution in [0, 0.1) is 10.5 Å². The molecule has 3 aromatic rings. The van der Waals surface area contributed by atoms with E-state index in [1.54, 1.807) is 11.3 Å². The largest absolute Gasteiger partial charge is 0.320 e. The van der Waals surface area contributed by atoms with Crippen molar-refractivity contribution in [1.29, 1.82) is 0 Å². The van der Waals surface area contributed by atoms with Crippen molar-refractivity contribution in [3.8, 4) is 9.88 Å². The zero-order valence-electron chi connectivity index (χ0n) is 11.1. The molecule has 1 amide bonds. The fourth-order valence-electron chi connectivity index (χ4n) is 1.85. The van der Waals surface area contributed by atoms with Crippen LogP contribution in [0.4, 0.5) is 5.69 Å². The molecule has 0 spiro atoms. The fourth-order valence-corrected chi connectivity index (χ4v) is 4.13. The number of nitrogens with one attached hydrogen (secondary N) is 1. The van der Waals surface area contributed by atoms with Gasteiger partial charge in [0.05, 0.1) is 16.3 Å². The monoisotopic (exact) mass is 426 g/mol. The Labute approximate surface area is 144 Å². The minimum absolute atomic E-state index is 0.100. The summed E-state index contributed by atoms with van der Waals surface area (Å²) in [4.78, 5) is 18.7. The van der Waals surface area contributed by atoms with E-state index in [2.05, 4.69) is 32.9 Å². The minimum Gasteiger partial charge on any atom is -0.320 e. The zero-order chi connectivity index (χ0) is 14.8. The molecule has 0 unspecified atom stereocenters. The zero-order valence-corrected chi connectivity index (χ0v) is 14.9. The lowest BCUT2D eigenvalue weighted by atomic mass is 10.3. The minimum atomic E-state index is -0.100. The third-order valence-electron chi connectivity index (χ3n) is 2.86. The molecule has 0 bridgehead atoms. The molecular formula is C15H11IN2OS2. The maximum absolute atomic E-state index is 12.4. The van der Waals surface area contributed by atoms with E-state index in [4.69, 9.17) is 0 Å². The smallest absolute Gasteiger partial charge is 0.267 e. The quantitative estimate of drug-likeness (QED) is 0.597. The van der Waals surface area contributed by atoms with Gasteiger partial charge in [-0.3, -0.25) is 4.79 Å². The topological polar surface area (TPSA) is 42.0 Å². The highest BCUT2D eigenvalue weighted by Crippen LogP contribution is 2.31. The van der Waals surface area contributed by atoms with E-state index in [0.717, 1.165) is 24.8 Å².